The van der Waals surface area contributed by atoms with Gasteiger partial charge in [0.2, 0.25) is 0 Å². The van der Waals surface area contributed by atoms with Crippen molar-refractivity contribution < 1.29 is 0 Å². The van der Waals surface area contributed by atoms with Gasteiger partial charge in [-0.15, -0.1) is 0 Å². The van der Waals surface area contributed by atoms with Crippen molar-refractivity contribution in [2.75, 3.05) is 0 Å². The smallest absolute Gasteiger partial charge is 0.0364 e. The Kier molecular flexibility index (Phi) is 5.25. The molecule has 1 unspecified atom stereocenters. The first-order chi connectivity index (χ1) is 17.0. The summed E-state index contributed by atoms with van der Waals surface area (Å²) in [6.45, 7) is 13.8. The lowest BCUT2D eigenvalue weighted by molar-refractivity contribution is 0.590. The largest absolute Gasteiger partial charge is 0.0619 e. The van der Waals surface area contributed by atoms with E-state index in [0.717, 1.165) is 4.47 Å². The van der Waals surface area contributed by atoms with Gasteiger partial charge in [0.05, 0.1) is 0 Å². The Labute approximate surface area is 223 Å². The maximum Gasteiger partial charge on any atom is 0.0364 e. The maximum atomic E-state index is 3.78. The molecular weight excluding hydrogens is 500 g/mol. The van der Waals surface area contributed by atoms with Crippen molar-refractivity contribution in [2.24, 2.45) is 0 Å². The standard InChI is InChI=1S/C35H33Br/c1-34(2,3)23-13-15-26-22(18-23)17-21-11-12-24(35(4,5)6)19-30(21)32(26)33-29-10-8-7-9-27(29)28-16-14-25(36)20-31(28)33/h7-20,33H,1-6H3. The normalized spacial score (nSPS) is 15.4. The highest BCUT2D eigenvalue weighted by Gasteiger charge is 2.32. The molecule has 0 radical (unpaired) electrons. The number of halogens is 1. The number of rotatable bonds is 1. The molecule has 1 aliphatic rings. The summed E-state index contributed by atoms with van der Waals surface area (Å²) in [5, 5.41) is 5.37. The number of fused-ring (bicyclic) bond motifs is 5. The second-order valence-corrected chi connectivity index (χ2v) is 13.3. The quantitative estimate of drug-likeness (QED) is 0.184. The van der Waals surface area contributed by atoms with Crippen LogP contribution in [0, 0.1) is 0 Å². The third kappa shape index (κ3) is 3.71. The first-order valence-electron chi connectivity index (χ1n) is 12.9. The Balaban J connectivity index is 1.77. The van der Waals surface area contributed by atoms with Crippen molar-refractivity contribution in [3.8, 4) is 11.1 Å². The summed E-state index contributed by atoms with van der Waals surface area (Å²) in [5.41, 5.74) is 9.88. The van der Waals surface area contributed by atoms with Gasteiger partial charge in [-0.25, -0.2) is 0 Å². The zero-order valence-corrected chi connectivity index (χ0v) is 23.6. The molecular formula is C35H33Br. The molecule has 1 heteroatoms. The predicted molar refractivity (Wildman–Crippen MR) is 159 cm³/mol. The van der Waals surface area contributed by atoms with Crippen LogP contribution in [0.1, 0.15) is 75.3 Å². The molecule has 0 saturated carbocycles. The van der Waals surface area contributed by atoms with Crippen LogP contribution in [0.25, 0.3) is 32.7 Å². The summed E-state index contributed by atoms with van der Waals surface area (Å²) in [6, 6.07) is 32.4. The topological polar surface area (TPSA) is 0 Å². The first-order valence-corrected chi connectivity index (χ1v) is 13.7. The van der Waals surface area contributed by atoms with Gasteiger partial charge in [0.25, 0.3) is 0 Å². The van der Waals surface area contributed by atoms with Crippen LogP contribution in [0.2, 0.25) is 0 Å². The minimum atomic E-state index is 0.0883. The minimum Gasteiger partial charge on any atom is -0.0619 e. The fourth-order valence-corrected chi connectivity index (χ4v) is 6.27. The van der Waals surface area contributed by atoms with E-state index in [9.17, 15) is 0 Å². The Morgan fingerprint density at radius 2 is 1.22 bits per heavy atom. The lowest BCUT2D eigenvalue weighted by Gasteiger charge is -2.25. The number of hydrogen-bond acceptors (Lipinski definition) is 0. The summed E-state index contributed by atoms with van der Waals surface area (Å²) in [6.07, 6.45) is 0. The lowest BCUT2D eigenvalue weighted by atomic mass is 9.79. The van der Waals surface area contributed by atoms with Gasteiger partial charge >= 0.3 is 0 Å². The van der Waals surface area contributed by atoms with E-state index in [0.29, 0.717) is 0 Å². The van der Waals surface area contributed by atoms with Gasteiger partial charge in [-0.3, -0.25) is 0 Å². The van der Waals surface area contributed by atoms with Crippen LogP contribution < -0.4 is 0 Å². The van der Waals surface area contributed by atoms with E-state index in [2.05, 4.69) is 142 Å². The van der Waals surface area contributed by atoms with Crippen molar-refractivity contribution in [1.82, 2.24) is 0 Å². The molecule has 0 bridgehead atoms. The molecule has 5 aromatic carbocycles. The molecule has 0 aliphatic heterocycles. The van der Waals surface area contributed by atoms with E-state index in [4.69, 9.17) is 0 Å². The van der Waals surface area contributed by atoms with Crippen molar-refractivity contribution in [3.05, 3.63) is 117 Å². The Morgan fingerprint density at radius 1 is 0.556 bits per heavy atom. The molecule has 0 nitrogen and oxygen atoms in total. The van der Waals surface area contributed by atoms with E-state index in [-0.39, 0.29) is 16.7 Å². The highest BCUT2D eigenvalue weighted by molar-refractivity contribution is 9.10. The molecule has 180 valence electrons. The molecule has 0 heterocycles. The SMILES string of the molecule is CC(C)(C)c1ccc2c(C3c4ccccc4-c4ccc(Br)cc43)c3cc(C(C)(C)C)ccc3cc2c1. The summed E-state index contributed by atoms with van der Waals surface area (Å²) in [4.78, 5) is 0. The van der Waals surface area contributed by atoms with Crippen LogP contribution >= 0.6 is 15.9 Å². The number of hydrogen-bond donors (Lipinski definition) is 0. The molecule has 1 aliphatic carbocycles. The lowest BCUT2D eigenvalue weighted by Crippen LogP contribution is -2.12. The van der Waals surface area contributed by atoms with Gasteiger partial charge in [-0.2, -0.15) is 0 Å². The average molecular weight is 534 g/mol. The van der Waals surface area contributed by atoms with E-state index in [1.54, 1.807) is 0 Å². The summed E-state index contributed by atoms with van der Waals surface area (Å²) >= 11 is 3.78. The Morgan fingerprint density at radius 3 is 1.97 bits per heavy atom. The van der Waals surface area contributed by atoms with Crippen molar-refractivity contribution in [1.29, 1.82) is 0 Å². The molecule has 0 amide bonds. The van der Waals surface area contributed by atoms with Crippen LogP contribution in [0.3, 0.4) is 0 Å². The van der Waals surface area contributed by atoms with Gasteiger partial charge in [-0.05, 0) is 89.5 Å². The van der Waals surface area contributed by atoms with Gasteiger partial charge in [0, 0.05) is 10.4 Å². The maximum absolute atomic E-state index is 3.78. The van der Waals surface area contributed by atoms with E-state index < -0.39 is 0 Å². The van der Waals surface area contributed by atoms with Gasteiger partial charge < -0.3 is 0 Å². The number of benzene rings is 5. The summed E-state index contributed by atoms with van der Waals surface area (Å²) < 4.78 is 1.13. The van der Waals surface area contributed by atoms with Crippen LogP contribution in [0.5, 0.6) is 0 Å². The molecule has 0 aromatic heterocycles. The zero-order chi connectivity index (χ0) is 25.4. The van der Waals surface area contributed by atoms with Crippen molar-refractivity contribution in [2.45, 2.75) is 58.3 Å². The van der Waals surface area contributed by atoms with Crippen LogP contribution in [0.15, 0.2) is 89.4 Å². The molecule has 0 saturated heterocycles. The van der Waals surface area contributed by atoms with Crippen LogP contribution in [0.4, 0.5) is 0 Å². The van der Waals surface area contributed by atoms with Crippen molar-refractivity contribution in [3.63, 3.8) is 0 Å². The highest BCUT2D eigenvalue weighted by Crippen LogP contribution is 2.52. The monoisotopic (exact) mass is 532 g/mol. The molecule has 0 spiro atoms. The first kappa shape index (κ1) is 23.5. The van der Waals surface area contributed by atoms with E-state index in [1.165, 1.54) is 60.5 Å². The third-order valence-corrected chi connectivity index (χ3v) is 8.40. The Hall–Kier alpha value is -2.90. The molecule has 5 aromatic rings. The third-order valence-electron chi connectivity index (χ3n) is 7.90. The van der Waals surface area contributed by atoms with Crippen LogP contribution in [-0.4, -0.2) is 0 Å². The minimum absolute atomic E-state index is 0.0883. The molecule has 36 heavy (non-hydrogen) atoms. The van der Waals surface area contributed by atoms with E-state index >= 15 is 0 Å². The summed E-state index contributed by atoms with van der Waals surface area (Å²) in [5.74, 6) is 0.190. The fraction of sp³-hybridized carbons (Fsp3) is 0.257. The van der Waals surface area contributed by atoms with Gasteiger partial charge in [-0.1, -0.05) is 124 Å². The zero-order valence-electron chi connectivity index (χ0n) is 22.0. The predicted octanol–water partition coefficient (Wildman–Crippen LogP) is 10.5. The highest BCUT2D eigenvalue weighted by atomic mass is 79.9. The summed E-state index contributed by atoms with van der Waals surface area (Å²) in [7, 11) is 0. The molecule has 6 rings (SSSR count). The van der Waals surface area contributed by atoms with E-state index in [1.807, 2.05) is 0 Å². The fourth-order valence-electron chi connectivity index (χ4n) is 5.89. The average Bonchev–Trinajstić information content (AvgIpc) is 3.13. The second-order valence-electron chi connectivity index (χ2n) is 12.4. The molecule has 0 N–H and O–H groups in total. The second kappa shape index (κ2) is 8.05. The van der Waals surface area contributed by atoms with Crippen LogP contribution in [-0.2, 0) is 10.8 Å². The molecule has 0 fully saturated rings. The Bertz CT molecular complexity index is 1660. The van der Waals surface area contributed by atoms with Gasteiger partial charge in [0.1, 0.15) is 0 Å². The van der Waals surface area contributed by atoms with Gasteiger partial charge in [0.15, 0.2) is 0 Å². The molecule has 1 atom stereocenters. The van der Waals surface area contributed by atoms with Crippen molar-refractivity contribution >= 4 is 37.5 Å².